The van der Waals surface area contributed by atoms with E-state index in [0.717, 1.165) is 14.4 Å². The largest absolute Gasteiger partial charge is 0.382 e. The lowest BCUT2D eigenvalue weighted by Gasteiger charge is -2.02. The summed E-state index contributed by atoms with van der Waals surface area (Å²) in [6, 6.07) is 11.6. The standard InChI is InChI=1S/C10H8BrN3S/c11-7-3-1-2-4-8(7)15-10-6-5-9(12)13-14-10/h1-6H,(H2,12,13). The molecule has 0 spiro atoms. The minimum atomic E-state index is 0.437. The summed E-state index contributed by atoms with van der Waals surface area (Å²) in [7, 11) is 0. The number of halogens is 1. The van der Waals surface area contributed by atoms with Gasteiger partial charge in [-0.2, -0.15) is 0 Å². The number of nitrogens with zero attached hydrogens (tertiary/aromatic N) is 2. The van der Waals surface area contributed by atoms with Gasteiger partial charge >= 0.3 is 0 Å². The fraction of sp³-hybridized carbons (Fsp3) is 0. The number of benzene rings is 1. The molecule has 0 aliphatic carbocycles. The fourth-order valence-corrected chi connectivity index (χ4v) is 2.31. The lowest BCUT2D eigenvalue weighted by Crippen LogP contribution is -1.92. The van der Waals surface area contributed by atoms with Crippen LogP contribution in [0.3, 0.4) is 0 Å². The molecule has 15 heavy (non-hydrogen) atoms. The van der Waals surface area contributed by atoms with Crippen LogP contribution in [0.1, 0.15) is 0 Å². The number of rotatable bonds is 2. The zero-order chi connectivity index (χ0) is 10.7. The highest BCUT2D eigenvalue weighted by molar-refractivity contribution is 9.10. The highest BCUT2D eigenvalue weighted by atomic mass is 79.9. The van der Waals surface area contributed by atoms with Gasteiger partial charge in [0.05, 0.1) is 0 Å². The van der Waals surface area contributed by atoms with E-state index < -0.39 is 0 Å². The van der Waals surface area contributed by atoms with Gasteiger partial charge in [0.1, 0.15) is 10.8 Å². The molecule has 0 amide bonds. The maximum Gasteiger partial charge on any atom is 0.146 e. The maximum atomic E-state index is 5.46. The second-order valence-electron chi connectivity index (χ2n) is 2.83. The summed E-state index contributed by atoms with van der Waals surface area (Å²) in [6.45, 7) is 0. The van der Waals surface area contributed by atoms with Crippen LogP contribution >= 0.6 is 27.7 Å². The molecule has 0 aliphatic rings. The van der Waals surface area contributed by atoms with Crippen molar-refractivity contribution in [3.05, 3.63) is 40.9 Å². The van der Waals surface area contributed by atoms with E-state index in [1.807, 2.05) is 30.3 Å². The monoisotopic (exact) mass is 281 g/mol. The molecule has 2 rings (SSSR count). The van der Waals surface area contributed by atoms with E-state index in [4.69, 9.17) is 5.73 Å². The Hall–Kier alpha value is -1.07. The molecule has 0 saturated carbocycles. The van der Waals surface area contributed by atoms with Crippen molar-refractivity contribution >= 4 is 33.5 Å². The van der Waals surface area contributed by atoms with Crippen LogP contribution in [0.25, 0.3) is 0 Å². The predicted molar refractivity (Wildman–Crippen MR) is 64.7 cm³/mol. The summed E-state index contributed by atoms with van der Waals surface area (Å²) in [4.78, 5) is 1.11. The van der Waals surface area contributed by atoms with Gasteiger partial charge in [0.2, 0.25) is 0 Å². The van der Waals surface area contributed by atoms with Gasteiger partial charge in [0, 0.05) is 9.37 Å². The van der Waals surface area contributed by atoms with Crippen molar-refractivity contribution in [2.75, 3.05) is 5.73 Å². The van der Waals surface area contributed by atoms with Gasteiger partial charge in [-0.15, -0.1) is 10.2 Å². The van der Waals surface area contributed by atoms with Gasteiger partial charge in [-0.1, -0.05) is 23.9 Å². The van der Waals surface area contributed by atoms with Gasteiger partial charge < -0.3 is 5.73 Å². The van der Waals surface area contributed by atoms with Gasteiger partial charge in [-0.25, -0.2) is 0 Å². The van der Waals surface area contributed by atoms with Crippen LogP contribution in [0.4, 0.5) is 5.82 Å². The van der Waals surface area contributed by atoms with Gasteiger partial charge in [-0.3, -0.25) is 0 Å². The molecule has 76 valence electrons. The van der Waals surface area contributed by atoms with Crippen LogP contribution in [0.2, 0.25) is 0 Å². The van der Waals surface area contributed by atoms with Crippen molar-refractivity contribution in [2.45, 2.75) is 9.92 Å². The molecular weight excluding hydrogens is 274 g/mol. The average Bonchev–Trinajstić information content (AvgIpc) is 2.25. The Bertz CT molecular complexity index is 458. The Labute approximate surface area is 100 Å². The summed E-state index contributed by atoms with van der Waals surface area (Å²) in [6.07, 6.45) is 0. The molecule has 0 atom stereocenters. The highest BCUT2D eigenvalue weighted by Crippen LogP contribution is 2.31. The predicted octanol–water partition coefficient (Wildman–Crippen LogP) is 2.97. The lowest BCUT2D eigenvalue weighted by molar-refractivity contribution is 0.938. The van der Waals surface area contributed by atoms with Crippen LogP contribution in [0, 0.1) is 0 Å². The zero-order valence-corrected chi connectivity index (χ0v) is 10.1. The number of hydrogen-bond acceptors (Lipinski definition) is 4. The van der Waals surface area contributed by atoms with Crippen molar-refractivity contribution in [3.63, 3.8) is 0 Å². The molecule has 0 unspecified atom stereocenters. The smallest absolute Gasteiger partial charge is 0.146 e. The lowest BCUT2D eigenvalue weighted by atomic mass is 10.4. The molecule has 1 aromatic heterocycles. The third-order valence-electron chi connectivity index (χ3n) is 1.71. The summed E-state index contributed by atoms with van der Waals surface area (Å²) < 4.78 is 1.05. The van der Waals surface area contributed by atoms with Crippen LogP contribution in [0.15, 0.2) is 50.8 Å². The van der Waals surface area contributed by atoms with Crippen molar-refractivity contribution in [3.8, 4) is 0 Å². The van der Waals surface area contributed by atoms with E-state index in [1.165, 1.54) is 0 Å². The third kappa shape index (κ3) is 2.70. The van der Waals surface area contributed by atoms with E-state index in [1.54, 1.807) is 17.8 Å². The SMILES string of the molecule is Nc1ccc(Sc2ccccc2Br)nn1. The minimum Gasteiger partial charge on any atom is -0.382 e. The molecule has 0 bridgehead atoms. The van der Waals surface area contributed by atoms with Gasteiger partial charge in [0.15, 0.2) is 0 Å². The van der Waals surface area contributed by atoms with E-state index in [9.17, 15) is 0 Å². The van der Waals surface area contributed by atoms with Crippen molar-refractivity contribution in [1.29, 1.82) is 0 Å². The van der Waals surface area contributed by atoms with E-state index >= 15 is 0 Å². The molecule has 1 heterocycles. The normalized spacial score (nSPS) is 10.2. The molecule has 2 aromatic rings. The van der Waals surface area contributed by atoms with Crippen molar-refractivity contribution in [2.24, 2.45) is 0 Å². The highest BCUT2D eigenvalue weighted by Gasteiger charge is 2.02. The van der Waals surface area contributed by atoms with Crippen molar-refractivity contribution < 1.29 is 0 Å². The Morgan fingerprint density at radius 2 is 1.87 bits per heavy atom. The summed E-state index contributed by atoms with van der Waals surface area (Å²) in [5.74, 6) is 0.437. The molecule has 0 radical (unpaired) electrons. The van der Waals surface area contributed by atoms with Gasteiger partial charge in [0.25, 0.3) is 0 Å². The second-order valence-corrected chi connectivity index (χ2v) is 4.75. The Kier molecular flexibility index (Phi) is 3.23. The molecule has 0 fully saturated rings. The van der Waals surface area contributed by atoms with Crippen LogP contribution < -0.4 is 5.73 Å². The molecule has 1 aromatic carbocycles. The molecule has 0 saturated heterocycles. The molecule has 2 N–H and O–H groups in total. The first kappa shape index (κ1) is 10.4. The number of nitrogen functional groups attached to an aromatic ring is 1. The number of nitrogens with two attached hydrogens (primary N) is 1. The van der Waals surface area contributed by atoms with E-state index in [2.05, 4.69) is 26.1 Å². The van der Waals surface area contributed by atoms with Gasteiger partial charge in [-0.05, 0) is 40.2 Å². The Balaban J connectivity index is 2.22. The molecule has 5 heteroatoms. The van der Waals surface area contributed by atoms with Crippen LogP contribution in [0.5, 0.6) is 0 Å². The summed E-state index contributed by atoms with van der Waals surface area (Å²) in [5.41, 5.74) is 5.46. The first-order valence-corrected chi connectivity index (χ1v) is 5.88. The zero-order valence-electron chi connectivity index (χ0n) is 7.72. The minimum absolute atomic E-state index is 0.437. The topological polar surface area (TPSA) is 51.8 Å². The second kappa shape index (κ2) is 4.63. The number of anilines is 1. The first-order chi connectivity index (χ1) is 7.25. The fourth-order valence-electron chi connectivity index (χ4n) is 1.02. The van der Waals surface area contributed by atoms with Crippen molar-refractivity contribution in [1.82, 2.24) is 10.2 Å². The first-order valence-electron chi connectivity index (χ1n) is 4.27. The van der Waals surface area contributed by atoms with Crippen LogP contribution in [-0.4, -0.2) is 10.2 Å². The average molecular weight is 282 g/mol. The number of aromatic nitrogens is 2. The number of hydrogen-bond donors (Lipinski definition) is 1. The summed E-state index contributed by atoms with van der Waals surface area (Å²) in [5, 5.41) is 8.61. The Morgan fingerprint density at radius 1 is 1.07 bits per heavy atom. The summed E-state index contributed by atoms with van der Waals surface area (Å²) >= 11 is 5.02. The quantitative estimate of drug-likeness (QED) is 0.920. The van der Waals surface area contributed by atoms with E-state index in [-0.39, 0.29) is 0 Å². The molecule has 3 nitrogen and oxygen atoms in total. The molecular formula is C10H8BrN3S. The van der Waals surface area contributed by atoms with E-state index in [0.29, 0.717) is 5.82 Å². The van der Waals surface area contributed by atoms with Crippen LogP contribution in [-0.2, 0) is 0 Å². The third-order valence-corrected chi connectivity index (χ3v) is 3.67. The Morgan fingerprint density at radius 3 is 2.53 bits per heavy atom. The molecule has 0 aliphatic heterocycles. The maximum absolute atomic E-state index is 5.46.